The summed E-state index contributed by atoms with van der Waals surface area (Å²) in [6, 6.07) is 7.00. The summed E-state index contributed by atoms with van der Waals surface area (Å²) < 4.78 is 30.3. The van der Waals surface area contributed by atoms with Crippen LogP contribution in [0.4, 0.5) is 11.5 Å². The van der Waals surface area contributed by atoms with Gasteiger partial charge in [0.05, 0.1) is 16.5 Å². The third-order valence-electron chi connectivity index (χ3n) is 8.81. The molecule has 0 saturated heterocycles. The van der Waals surface area contributed by atoms with Crippen LogP contribution in [-0.4, -0.2) is 52.7 Å². The summed E-state index contributed by atoms with van der Waals surface area (Å²) in [6.45, 7) is 0.273. The van der Waals surface area contributed by atoms with Crippen molar-refractivity contribution in [2.45, 2.75) is 74.9 Å². The van der Waals surface area contributed by atoms with Crippen LogP contribution < -0.4 is 16.6 Å². The maximum absolute atomic E-state index is 13.4. The molecule has 3 aromatic rings. The van der Waals surface area contributed by atoms with Gasteiger partial charge in [-0.05, 0) is 68.4 Å². The average Bonchev–Trinajstić information content (AvgIpc) is 3.44. The van der Waals surface area contributed by atoms with Crippen molar-refractivity contribution in [1.29, 1.82) is 0 Å². The number of carbonyl (C=O) groups is 1. The number of amides is 1. The van der Waals surface area contributed by atoms with Gasteiger partial charge in [-0.2, -0.15) is 9.40 Å². The lowest BCUT2D eigenvalue weighted by Gasteiger charge is -2.32. The Morgan fingerprint density at radius 3 is 2.67 bits per heavy atom. The first-order valence-electron chi connectivity index (χ1n) is 14.0. The van der Waals surface area contributed by atoms with Gasteiger partial charge in [-0.3, -0.25) is 14.3 Å². The molecule has 212 valence electrons. The van der Waals surface area contributed by atoms with Crippen LogP contribution in [0.15, 0.2) is 45.1 Å². The molecule has 11 nitrogen and oxygen atoms in total. The van der Waals surface area contributed by atoms with E-state index in [9.17, 15) is 18.0 Å². The van der Waals surface area contributed by atoms with Crippen molar-refractivity contribution in [1.82, 2.24) is 19.1 Å². The quantitative estimate of drug-likeness (QED) is 0.389. The minimum atomic E-state index is -3.63. The zero-order valence-corrected chi connectivity index (χ0v) is 23.4. The molecule has 0 spiro atoms. The largest absolute Gasteiger partial charge is 0.369 e. The minimum Gasteiger partial charge on any atom is -0.369 e. The molecule has 2 fully saturated rings. The van der Waals surface area contributed by atoms with E-state index in [-0.39, 0.29) is 41.9 Å². The molecule has 2 atom stereocenters. The number of sulfonamides is 1. The molecule has 4 N–H and O–H groups in total. The van der Waals surface area contributed by atoms with E-state index < -0.39 is 10.0 Å². The van der Waals surface area contributed by atoms with Gasteiger partial charge in [-0.15, -0.1) is 0 Å². The topological polar surface area (TPSA) is 156 Å². The zero-order valence-electron chi connectivity index (χ0n) is 22.5. The number of nitrogens with two attached hydrogens (primary N) is 1. The highest BCUT2D eigenvalue weighted by atomic mass is 32.2. The van der Waals surface area contributed by atoms with Crippen LogP contribution >= 0.6 is 0 Å². The maximum Gasteiger partial charge on any atom is 0.261 e. The highest BCUT2D eigenvalue weighted by molar-refractivity contribution is 7.89. The number of H-pyrrole nitrogens is 1. The first kappa shape index (κ1) is 26.7. The number of carbonyl (C=O) groups excluding carboxylic acids is 1. The van der Waals surface area contributed by atoms with Gasteiger partial charge in [0.2, 0.25) is 15.9 Å². The number of primary amides is 1. The number of nitrogens with one attached hydrogen (secondary N) is 2. The molecule has 3 heterocycles. The summed E-state index contributed by atoms with van der Waals surface area (Å²) in [5, 5.41) is 8.68. The SMILES string of the molecule is CN=C[C@H]1CCCC[C@@H]1n1nc(Nc2ccc3c(c2)CN(C2CCC(C(N)=O)CC2)S3(=O)=O)c2c(=O)[nH]ccc21. The van der Waals surface area contributed by atoms with Crippen LogP contribution in [0, 0.1) is 11.8 Å². The number of pyridine rings is 1. The molecule has 1 aliphatic heterocycles. The van der Waals surface area contributed by atoms with E-state index in [0.717, 1.165) is 31.2 Å². The molecular formula is C28H35N7O4S. The summed E-state index contributed by atoms with van der Waals surface area (Å²) >= 11 is 0. The van der Waals surface area contributed by atoms with Crippen LogP contribution in [0.25, 0.3) is 10.9 Å². The van der Waals surface area contributed by atoms with E-state index in [1.54, 1.807) is 29.7 Å². The molecule has 0 bridgehead atoms. The Labute approximate surface area is 232 Å². The van der Waals surface area contributed by atoms with Crippen LogP contribution in [-0.2, 0) is 21.4 Å². The van der Waals surface area contributed by atoms with Crippen molar-refractivity contribution in [3.8, 4) is 0 Å². The number of anilines is 2. The van der Waals surface area contributed by atoms with Crippen molar-refractivity contribution in [3.63, 3.8) is 0 Å². The highest BCUT2D eigenvalue weighted by Gasteiger charge is 2.41. The normalized spacial score (nSPS) is 26.7. The number of aromatic nitrogens is 3. The predicted molar refractivity (Wildman–Crippen MR) is 153 cm³/mol. The highest BCUT2D eigenvalue weighted by Crippen LogP contribution is 2.40. The van der Waals surface area contributed by atoms with Crippen LogP contribution in [0.1, 0.15) is 63.0 Å². The number of rotatable bonds is 6. The third-order valence-corrected chi connectivity index (χ3v) is 10.8. The van der Waals surface area contributed by atoms with E-state index in [2.05, 4.69) is 15.3 Å². The van der Waals surface area contributed by atoms with Gasteiger partial charge < -0.3 is 21.0 Å². The third kappa shape index (κ3) is 4.62. The first-order chi connectivity index (χ1) is 19.3. The number of aliphatic imine (C=N–C) groups is 1. The monoisotopic (exact) mass is 565 g/mol. The van der Waals surface area contributed by atoms with Crippen LogP contribution in [0.2, 0.25) is 0 Å². The Bertz CT molecular complexity index is 1640. The predicted octanol–water partition coefficient (Wildman–Crippen LogP) is 3.45. The fourth-order valence-corrected chi connectivity index (χ4v) is 8.63. The van der Waals surface area contributed by atoms with E-state index in [1.807, 2.05) is 23.0 Å². The smallest absolute Gasteiger partial charge is 0.261 e. The zero-order chi connectivity index (χ0) is 28.0. The number of fused-ring (bicyclic) bond motifs is 2. The number of hydrogen-bond acceptors (Lipinski definition) is 7. The Balaban J connectivity index is 1.30. The summed E-state index contributed by atoms with van der Waals surface area (Å²) in [5.41, 5.74) is 7.36. The lowest BCUT2D eigenvalue weighted by atomic mass is 9.85. The summed E-state index contributed by atoms with van der Waals surface area (Å²) in [6.07, 6.45) is 10.3. The van der Waals surface area contributed by atoms with Crippen LogP contribution in [0.5, 0.6) is 0 Å². The van der Waals surface area contributed by atoms with Gasteiger partial charge >= 0.3 is 0 Å². The first-order valence-corrected chi connectivity index (χ1v) is 15.4. The Morgan fingerprint density at radius 2 is 1.93 bits per heavy atom. The van der Waals surface area contributed by atoms with E-state index >= 15 is 0 Å². The van der Waals surface area contributed by atoms with Crippen molar-refractivity contribution in [3.05, 3.63) is 46.4 Å². The summed E-state index contributed by atoms with van der Waals surface area (Å²) in [5.74, 6) is 0.184. The molecule has 3 aliphatic rings. The van der Waals surface area contributed by atoms with E-state index in [1.165, 1.54) is 0 Å². The molecule has 1 aromatic carbocycles. The van der Waals surface area contributed by atoms with Gasteiger partial charge in [-0.25, -0.2) is 8.42 Å². The fraction of sp³-hybridized carbons (Fsp3) is 0.500. The van der Waals surface area contributed by atoms with Gasteiger partial charge in [0, 0.05) is 49.6 Å². The second-order valence-corrected chi connectivity index (χ2v) is 13.0. The second-order valence-electron chi connectivity index (χ2n) is 11.2. The number of hydrogen-bond donors (Lipinski definition) is 3. The molecule has 0 radical (unpaired) electrons. The lowest BCUT2D eigenvalue weighted by Crippen LogP contribution is -2.40. The number of benzene rings is 1. The van der Waals surface area contributed by atoms with Crippen molar-refractivity contribution in [2.75, 3.05) is 12.4 Å². The molecule has 12 heteroatoms. The average molecular weight is 566 g/mol. The number of aromatic amines is 1. The van der Waals surface area contributed by atoms with Gasteiger partial charge in [0.25, 0.3) is 5.56 Å². The molecule has 6 rings (SSSR count). The standard InChI is InChI=1S/C28H35N7O4S/c1-30-15-18-4-2-3-5-22(18)35-23-12-13-31-28(37)25(23)27(33-35)32-20-8-11-24-19(14-20)16-34(40(24,38)39)21-9-6-17(7-10-21)26(29)36/h8,11-15,17-18,21-22H,2-7,9-10,16H2,1H3,(H2,29,36)(H,31,37)(H,32,33)/t17?,18-,21?,22+/m1/s1. The van der Waals surface area contributed by atoms with Crippen molar-refractivity contribution < 1.29 is 13.2 Å². The lowest BCUT2D eigenvalue weighted by molar-refractivity contribution is -0.122. The van der Waals surface area contributed by atoms with Crippen molar-refractivity contribution in [2.24, 2.45) is 22.6 Å². The summed E-state index contributed by atoms with van der Waals surface area (Å²) in [4.78, 5) is 31.9. The van der Waals surface area contributed by atoms with Crippen molar-refractivity contribution >= 4 is 44.6 Å². The molecular weight excluding hydrogens is 530 g/mol. The van der Waals surface area contributed by atoms with E-state index in [0.29, 0.717) is 53.0 Å². The molecule has 40 heavy (non-hydrogen) atoms. The molecule has 2 aromatic heterocycles. The fourth-order valence-electron chi connectivity index (χ4n) is 6.77. The Morgan fingerprint density at radius 1 is 1.15 bits per heavy atom. The maximum atomic E-state index is 13.4. The molecule has 1 amide bonds. The Kier molecular flexibility index (Phi) is 6.99. The van der Waals surface area contributed by atoms with Gasteiger partial charge in [0.15, 0.2) is 5.82 Å². The molecule has 2 saturated carbocycles. The second kappa shape index (κ2) is 10.5. The van der Waals surface area contributed by atoms with Crippen LogP contribution in [0.3, 0.4) is 0 Å². The molecule has 2 aliphatic carbocycles. The minimum absolute atomic E-state index is 0.0978. The number of nitrogens with zero attached hydrogens (tertiary/aromatic N) is 4. The van der Waals surface area contributed by atoms with Gasteiger partial charge in [0.1, 0.15) is 5.39 Å². The summed E-state index contributed by atoms with van der Waals surface area (Å²) in [7, 11) is -1.85. The van der Waals surface area contributed by atoms with E-state index in [4.69, 9.17) is 10.8 Å². The van der Waals surface area contributed by atoms with Gasteiger partial charge in [-0.1, -0.05) is 12.8 Å². The molecule has 0 unspecified atom stereocenters. The Hall–Kier alpha value is -3.51.